The number of rotatable bonds is 4. The number of hydrogen-bond donors (Lipinski definition) is 1. The Morgan fingerprint density at radius 1 is 1.22 bits per heavy atom. The molecule has 0 saturated heterocycles. The van der Waals surface area contributed by atoms with E-state index in [0.717, 1.165) is 12.2 Å². The van der Waals surface area contributed by atoms with Crippen LogP contribution in [-0.2, 0) is 6.42 Å². The van der Waals surface area contributed by atoms with Gasteiger partial charge >= 0.3 is 0 Å². The molecular weight excluding hydrogens is 242 g/mol. The fourth-order valence-corrected chi connectivity index (χ4v) is 3.22. The van der Waals surface area contributed by atoms with Crippen LogP contribution in [0, 0.1) is 0 Å². The van der Waals surface area contributed by atoms with Crippen molar-refractivity contribution in [3.05, 3.63) is 59.4 Å². The normalized spacial score (nSPS) is 12.9. The van der Waals surface area contributed by atoms with Crippen LogP contribution in [0.1, 0.15) is 17.4 Å². The summed E-state index contributed by atoms with van der Waals surface area (Å²) in [5.41, 5.74) is 1.38. The van der Waals surface area contributed by atoms with Crippen molar-refractivity contribution >= 4 is 21.4 Å². The zero-order chi connectivity index (χ0) is 12.4. The van der Waals surface area contributed by atoms with E-state index in [0.29, 0.717) is 0 Å². The van der Waals surface area contributed by atoms with Crippen molar-refractivity contribution < 1.29 is 4.42 Å². The van der Waals surface area contributed by atoms with E-state index in [-0.39, 0.29) is 6.04 Å². The maximum absolute atomic E-state index is 5.49. The van der Waals surface area contributed by atoms with Gasteiger partial charge in [-0.05, 0) is 48.0 Å². The van der Waals surface area contributed by atoms with E-state index in [2.05, 4.69) is 35.0 Å². The van der Waals surface area contributed by atoms with Gasteiger partial charge in [0.25, 0.3) is 0 Å². The lowest BCUT2D eigenvalue weighted by molar-refractivity contribution is 0.430. The summed E-state index contributed by atoms with van der Waals surface area (Å²) < 4.78 is 6.84. The van der Waals surface area contributed by atoms with Gasteiger partial charge in [0.2, 0.25) is 0 Å². The first kappa shape index (κ1) is 11.5. The molecule has 0 saturated carbocycles. The summed E-state index contributed by atoms with van der Waals surface area (Å²) in [7, 11) is 1.97. The van der Waals surface area contributed by atoms with Gasteiger partial charge in [-0.25, -0.2) is 0 Å². The second-order valence-corrected chi connectivity index (χ2v) is 5.23. The van der Waals surface area contributed by atoms with E-state index >= 15 is 0 Å². The molecule has 0 fully saturated rings. The molecule has 0 aliphatic carbocycles. The fraction of sp³-hybridized carbons (Fsp3) is 0.200. The second-order valence-electron chi connectivity index (χ2n) is 4.32. The minimum absolute atomic E-state index is 0.234. The van der Waals surface area contributed by atoms with E-state index in [1.165, 1.54) is 15.6 Å². The maximum Gasteiger partial charge on any atom is 0.121 e. The molecule has 1 N–H and O–H groups in total. The number of fused-ring (bicyclic) bond motifs is 1. The van der Waals surface area contributed by atoms with Crippen molar-refractivity contribution in [3.8, 4) is 0 Å². The first-order valence-electron chi connectivity index (χ1n) is 6.04. The monoisotopic (exact) mass is 257 g/mol. The van der Waals surface area contributed by atoms with E-state index < -0.39 is 0 Å². The molecule has 0 aliphatic rings. The smallest absolute Gasteiger partial charge is 0.121 e. The second kappa shape index (κ2) is 4.96. The van der Waals surface area contributed by atoms with Crippen molar-refractivity contribution in [1.82, 2.24) is 5.32 Å². The topological polar surface area (TPSA) is 25.2 Å². The minimum Gasteiger partial charge on any atom is -0.468 e. The Morgan fingerprint density at radius 3 is 2.89 bits per heavy atom. The third-order valence-corrected chi connectivity index (χ3v) is 4.23. The highest BCUT2D eigenvalue weighted by Gasteiger charge is 2.14. The molecule has 3 rings (SSSR count). The zero-order valence-corrected chi connectivity index (χ0v) is 11.0. The van der Waals surface area contributed by atoms with Gasteiger partial charge < -0.3 is 9.73 Å². The van der Waals surface area contributed by atoms with Crippen LogP contribution in [0.3, 0.4) is 0 Å². The molecular formula is C15H15NOS. The van der Waals surface area contributed by atoms with Crippen molar-refractivity contribution in [2.75, 3.05) is 7.05 Å². The minimum atomic E-state index is 0.234. The van der Waals surface area contributed by atoms with Crippen molar-refractivity contribution in [3.63, 3.8) is 0 Å². The molecule has 1 aromatic carbocycles. The maximum atomic E-state index is 5.49. The lowest BCUT2D eigenvalue weighted by Crippen LogP contribution is -2.17. The molecule has 1 unspecified atom stereocenters. The number of benzene rings is 1. The lowest BCUT2D eigenvalue weighted by atomic mass is 10.0. The van der Waals surface area contributed by atoms with Gasteiger partial charge in [0.05, 0.1) is 12.3 Å². The SMILES string of the molecule is CNC(Cc1csc2ccccc12)c1ccco1. The van der Waals surface area contributed by atoms with Crippen molar-refractivity contribution in [1.29, 1.82) is 0 Å². The van der Waals surface area contributed by atoms with Gasteiger partial charge in [0, 0.05) is 4.70 Å². The summed E-state index contributed by atoms with van der Waals surface area (Å²) >= 11 is 1.81. The first-order chi connectivity index (χ1) is 8.88. The Bertz CT molecular complexity index is 627. The average molecular weight is 257 g/mol. The van der Waals surface area contributed by atoms with Crippen molar-refractivity contribution in [2.24, 2.45) is 0 Å². The number of thiophene rings is 1. The molecule has 0 radical (unpaired) electrons. The summed E-state index contributed by atoms with van der Waals surface area (Å²) in [6.45, 7) is 0. The van der Waals surface area contributed by atoms with E-state index in [4.69, 9.17) is 4.42 Å². The lowest BCUT2D eigenvalue weighted by Gasteiger charge is -2.12. The molecule has 0 amide bonds. The Balaban J connectivity index is 1.91. The Morgan fingerprint density at radius 2 is 2.11 bits per heavy atom. The Hall–Kier alpha value is -1.58. The van der Waals surface area contributed by atoms with Crippen LogP contribution in [0.5, 0.6) is 0 Å². The molecule has 0 aliphatic heterocycles. The Labute approximate surface area is 110 Å². The largest absolute Gasteiger partial charge is 0.468 e. The van der Waals surface area contributed by atoms with Crippen molar-refractivity contribution in [2.45, 2.75) is 12.5 Å². The summed E-state index contributed by atoms with van der Waals surface area (Å²) in [5, 5.41) is 6.92. The summed E-state index contributed by atoms with van der Waals surface area (Å²) in [4.78, 5) is 0. The summed E-state index contributed by atoms with van der Waals surface area (Å²) in [5.74, 6) is 0.993. The van der Waals surface area contributed by atoms with Gasteiger partial charge in [-0.15, -0.1) is 11.3 Å². The van der Waals surface area contributed by atoms with Gasteiger partial charge in [-0.2, -0.15) is 0 Å². The molecule has 2 nitrogen and oxygen atoms in total. The molecule has 2 aromatic heterocycles. The third-order valence-electron chi connectivity index (χ3n) is 3.22. The van der Waals surface area contributed by atoms with Gasteiger partial charge in [-0.3, -0.25) is 0 Å². The zero-order valence-electron chi connectivity index (χ0n) is 10.2. The highest BCUT2D eigenvalue weighted by atomic mass is 32.1. The highest BCUT2D eigenvalue weighted by Crippen LogP contribution is 2.29. The van der Waals surface area contributed by atoms with Crippen LogP contribution in [0.4, 0.5) is 0 Å². The average Bonchev–Trinajstić information content (AvgIpc) is 3.06. The van der Waals surface area contributed by atoms with E-state index in [9.17, 15) is 0 Å². The molecule has 3 aromatic rings. The quantitative estimate of drug-likeness (QED) is 0.764. The standard InChI is InChI=1S/C15H15NOS/c1-16-13(14-6-4-8-17-14)9-11-10-18-15-7-3-2-5-12(11)15/h2-8,10,13,16H,9H2,1H3. The van der Waals surface area contributed by atoms with Crippen LogP contribution in [0.15, 0.2) is 52.5 Å². The molecule has 18 heavy (non-hydrogen) atoms. The molecule has 92 valence electrons. The predicted octanol–water partition coefficient (Wildman–Crippen LogP) is 4.00. The van der Waals surface area contributed by atoms with Crippen LogP contribution >= 0.6 is 11.3 Å². The van der Waals surface area contributed by atoms with Gasteiger partial charge in [0.1, 0.15) is 5.76 Å². The number of likely N-dealkylation sites (N-methyl/N-ethyl adjacent to an activating group) is 1. The van der Waals surface area contributed by atoms with Crippen LogP contribution in [0.2, 0.25) is 0 Å². The van der Waals surface area contributed by atoms with Crippen LogP contribution in [0.25, 0.3) is 10.1 Å². The molecule has 0 bridgehead atoms. The predicted molar refractivity (Wildman–Crippen MR) is 76.0 cm³/mol. The van der Waals surface area contributed by atoms with Crippen LogP contribution in [-0.4, -0.2) is 7.05 Å². The van der Waals surface area contributed by atoms with Gasteiger partial charge in [-0.1, -0.05) is 18.2 Å². The first-order valence-corrected chi connectivity index (χ1v) is 6.92. The van der Waals surface area contributed by atoms with E-state index in [1.807, 2.05) is 19.2 Å². The van der Waals surface area contributed by atoms with Crippen LogP contribution < -0.4 is 5.32 Å². The highest BCUT2D eigenvalue weighted by molar-refractivity contribution is 7.17. The number of furan rings is 1. The fourth-order valence-electron chi connectivity index (χ4n) is 2.25. The molecule has 1 atom stereocenters. The third kappa shape index (κ3) is 2.07. The number of nitrogens with one attached hydrogen (secondary N) is 1. The van der Waals surface area contributed by atoms with Gasteiger partial charge in [0.15, 0.2) is 0 Å². The van der Waals surface area contributed by atoms with E-state index in [1.54, 1.807) is 17.6 Å². The molecule has 3 heteroatoms. The Kier molecular flexibility index (Phi) is 3.17. The molecule has 2 heterocycles. The number of hydrogen-bond acceptors (Lipinski definition) is 3. The summed E-state index contributed by atoms with van der Waals surface area (Å²) in [6.07, 6.45) is 2.68. The summed E-state index contributed by atoms with van der Waals surface area (Å²) in [6, 6.07) is 12.7. The molecule has 0 spiro atoms.